The predicted molar refractivity (Wildman–Crippen MR) is 81.8 cm³/mol. The molecule has 0 saturated heterocycles. The molecule has 20 heavy (non-hydrogen) atoms. The monoisotopic (exact) mass is 267 g/mol. The molecule has 3 aromatic rings. The van der Waals surface area contributed by atoms with Crippen LogP contribution in [0.25, 0.3) is 10.9 Å². The molecule has 0 saturated carbocycles. The Morgan fingerprint density at radius 1 is 1.05 bits per heavy atom. The number of hydrogen-bond acceptors (Lipinski definition) is 2. The molecular formula is C16H17N3O. The van der Waals surface area contributed by atoms with Gasteiger partial charge in [0.05, 0.1) is 0 Å². The SMILES string of the molecule is Cc1cccc2c1ccn2CCn1cc(N)ccc1=O. The Bertz CT molecular complexity index is 814. The van der Waals surface area contributed by atoms with Crippen molar-refractivity contribution in [3.63, 3.8) is 0 Å². The van der Waals surface area contributed by atoms with Crippen LogP contribution in [-0.4, -0.2) is 9.13 Å². The highest BCUT2D eigenvalue weighted by atomic mass is 16.1. The van der Waals surface area contributed by atoms with Crippen LogP contribution in [0.5, 0.6) is 0 Å². The molecule has 3 rings (SSSR count). The first-order valence-corrected chi connectivity index (χ1v) is 6.65. The molecule has 0 bridgehead atoms. The molecule has 0 radical (unpaired) electrons. The van der Waals surface area contributed by atoms with Crippen molar-refractivity contribution >= 4 is 16.6 Å². The summed E-state index contributed by atoms with van der Waals surface area (Å²) >= 11 is 0. The quantitative estimate of drug-likeness (QED) is 0.792. The maximum Gasteiger partial charge on any atom is 0.250 e. The van der Waals surface area contributed by atoms with Gasteiger partial charge in [-0.15, -0.1) is 0 Å². The third-order valence-corrected chi connectivity index (χ3v) is 3.62. The van der Waals surface area contributed by atoms with Gasteiger partial charge in [-0.1, -0.05) is 12.1 Å². The van der Waals surface area contributed by atoms with E-state index in [0.717, 1.165) is 6.54 Å². The number of pyridine rings is 1. The smallest absolute Gasteiger partial charge is 0.250 e. The lowest BCUT2D eigenvalue weighted by atomic mass is 10.1. The summed E-state index contributed by atoms with van der Waals surface area (Å²) in [6.07, 6.45) is 3.76. The molecule has 2 heterocycles. The summed E-state index contributed by atoms with van der Waals surface area (Å²) in [7, 11) is 0. The molecular weight excluding hydrogens is 250 g/mol. The van der Waals surface area contributed by atoms with Gasteiger partial charge in [-0.25, -0.2) is 0 Å². The van der Waals surface area contributed by atoms with Crippen LogP contribution in [0.1, 0.15) is 5.56 Å². The van der Waals surface area contributed by atoms with Gasteiger partial charge in [-0.05, 0) is 30.7 Å². The number of hydrogen-bond donors (Lipinski definition) is 1. The molecule has 2 aromatic heterocycles. The average molecular weight is 267 g/mol. The summed E-state index contributed by atoms with van der Waals surface area (Å²) in [5.41, 5.74) is 8.77. The first kappa shape index (κ1) is 12.5. The van der Waals surface area contributed by atoms with E-state index in [1.54, 1.807) is 16.8 Å². The number of benzene rings is 1. The number of fused-ring (bicyclic) bond motifs is 1. The van der Waals surface area contributed by atoms with Crippen molar-refractivity contribution in [1.29, 1.82) is 0 Å². The van der Waals surface area contributed by atoms with Crippen molar-refractivity contribution in [2.45, 2.75) is 20.0 Å². The third-order valence-electron chi connectivity index (χ3n) is 3.62. The molecule has 0 spiro atoms. The second-order valence-corrected chi connectivity index (χ2v) is 5.01. The molecule has 4 heteroatoms. The van der Waals surface area contributed by atoms with E-state index in [1.807, 2.05) is 0 Å². The van der Waals surface area contributed by atoms with Crippen molar-refractivity contribution in [3.05, 3.63) is 64.7 Å². The van der Waals surface area contributed by atoms with Crippen molar-refractivity contribution in [3.8, 4) is 0 Å². The van der Waals surface area contributed by atoms with E-state index in [1.165, 1.54) is 22.5 Å². The number of anilines is 1. The van der Waals surface area contributed by atoms with Crippen LogP contribution in [-0.2, 0) is 13.1 Å². The standard InChI is InChI=1S/C16H17N3O/c1-12-3-2-4-15-14(12)7-8-18(15)9-10-19-11-13(17)5-6-16(19)20/h2-8,11H,9-10,17H2,1H3. The van der Waals surface area contributed by atoms with Gasteiger partial charge in [0.25, 0.3) is 5.56 Å². The first-order chi connectivity index (χ1) is 9.65. The topological polar surface area (TPSA) is 52.9 Å². The fraction of sp³-hybridized carbons (Fsp3) is 0.188. The highest BCUT2D eigenvalue weighted by molar-refractivity contribution is 5.83. The summed E-state index contributed by atoms with van der Waals surface area (Å²) in [4.78, 5) is 11.7. The molecule has 4 nitrogen and oxygen atoms in total. The summed E-state index contributed by atoms with van der Waals surface area (Å²) in [5.74, 6) is 0. The Hall–Kier alpha value is -2.49. The summed E-state index contributed by atoms with van der Waals surface area (Å²) < 4.78 is 3.81. The van der Waals surface area contributed by atoms with Gasteiger partial charge < -0.3 is 14.9 Å². The zero-order valence-electron chi connectivity index (χ0n) is 11.4. The minimum absolute atomic E-state index is 0.0214. The van der Waals surface area contributed by atoms with Gasteiger partial charge in [0, 0.05) is 48.1 Å². The van der Waals surface area contributed by atoms with E-state index in [0.29, 0.717) is 12.2 Å². The van der Waals surface area contributed by atoms with Gasteiger partial charge in [0.2, 0.25) is 0 Å². The van der Waals surface area contributed by atoms with Crippen molar-refractivity contribution in [1.82, 2.24) is 9.13 Å². The van der Waals surface area contributed by atoms with E-state index in [2.05, 4.69) is 42.0 Å². The molecule has 0 atom stereocenters. The van der Waals surface area contributed by atoms with E-state index in [4.69, 9.17) is 5.73 Å². The van der Waals surface area contributed by atoms with Crippen LogP contribution < -0.4 is 11.3 Å². The lowest BCUT2D eigenvalue weighted by Crippen LogP contribution is -2.21. The fourth-order valence-electron chi connectivity index (χ4n) is 2.51. The highest BCUT2D eigenvalue weighted by Gasteiger charge is 2.03. The molecule has 2 N–H and O–H groups in total. The van der Waals surface area contributed by atoms with Gasteiger partial charge in [0.1, 0.15) is 0 Å². The van der Waals surface area contributed by atoms with Gasteiger partial charge in [-0.3, -0.25) is 4.79 Å². The van der Waals surface area contributed by atoms with E-state index in [9.17, 15) is 4.79 Å². The summed E-state index contributed by atoms with van der Waals surface area (Å²) in [5, 5.41) is 1.26. The molecule has 102 valence electrons. The van der Waals surface area contributed by atoms with Crippen LogP contribution >= 0.6 is 0 Å². The van der Waals surface area contributed by atoms with Crippen LogP contribution in [0.15, 0.2) is 53.6 Å². The second kappa shape index (κ2) is 4.89. The second-order valence-electron chi connectivity index (χ2n) is 5.01. The third kappa shape index (κ3) is 2.20. The maximum absolute atomic E-state index is 11.7. The number of aromatic nitrogens is 2. The van der Waals surface area contributed by atoms with Gasteiger partial charge >= 0.3 is 0 Å². The van der Waals surface area contributed by atoms with Gasteiger partial charge in [-0.2, -0.15) is 0 Å². The van der Waals surface area contributed by atoms with Crippen LogP contribution in [0.4, 0.5) is 5.69 Å². The Kier molecular flexibility index (Phi) is 3.06. The minimum atomic E-state index is -0.0214. The number of nitrogen functional groups attached to an aromatic ring is 1. The molecule has 0 aliphatic carbocycles. The number of nitrogens with zero attached hydrogens (tertiary/aromatic N) is 2. The molecule has 0 fully saturated rings. The Morgan fingerprint density at radius 3 is 2.70 bits per heavy atom. The molecule has 0 aliphatic rings. The lowest BCUT2D eigenvalue weighted by molar-refractivity contribution is 0.578. The van der Waals surface area contributed by atoms with E-state index >= 15 is 0 Å². The van der Waals surface area contributed by atoms with Crippen molar-refractivity contribution in [2.75, 3.05) is 5.73 Å². The zero-order valence-corrected chi connectivity index (χ0v) is 11.4. The first-order valence-electron chi connectivity index (χ1n) is 6.65. The Morgan fingerprint density at radius 2 is 1.85 bits per heavy atom. The van der Waals surface area contributed by atoms with E-state index < -0.39 is 0 Å². The lowest BCUT2D eigenvalue weighted by Gasteiger charge is -2.09. The van der Waals surface area contributed by atoms with E-state index in [-0.39, 0.29) is 5.56 Å². The normalized spacial score (nSPS) is 11.1. The minimum Gasteiger partial charge on any atom is -0.398 e. The summed E-state index contributed by atoms with van der Waals surface area (Å²) in [6.45, 7) is 3.47. The van der Waals surface area contributed by atoms with Gasteiger partial charge in [0.15, 0.2) is 0 Å². The number of nitrogens with two attached hydrogens (primary N) is 1. The molecule has 0 aliphatic heterocycles. The van der Waals surface area contributed by atoms with Crippen LogP contribution in [0, 0.1) is 6.92 Å². The molecule has 0 unspecified atom stereocenters. The molecule has 0 amide bonds. The predicted octanol–water partition coefficient (Wildman–Crippen LogP) is 2.39. The average Bonchev–Trinajstić information content (AvgIpc) is 2.85. The van der Waals surface area contributed by atoms with Crippen molar-refractivity contribution < 1.29 is 0 Å². The largest absolute Gasteiger partial charge is 0.398 e. The number of aryl methyl sites for hydroxylation is 3. The Labute approximate surface area is 117 Å². The number of rotatable bonds is 3. The highest BCUT2D eigenvalue weighted by Crippen LogP contribution is 2.19. The molecule has 1 aromatic carbocycles. The Balaban J connectivity index is 1.89. The maximum atomic E-state index is 11.7. The van der Waals surface area contributed by atoms with Crippen molar-refractivity contribution in [2.24, 2.45) is 0 Å². The fourth-order valence-corrected chi connectivity index (χ4v) is 2.51. The zero-order chi connectivity index (χ0) is 14.1. The van der Waals surface area contributed by atoms with Crippen LogP contribution in [0.2, 0.25) is 0 Å². The summed E-state index contributed by atoms with van der Waals surface area (Å²) in [6, 6.07) is 11.5. The van der Waals surface area contributed by atoms with Crippen LogP contribution in [0.3, 0.4) is 0 Å².